The first-order valence-electron chi connectivity index (χ1n) is 6.47. The van der Waals surface area contributed by atoms with Crippen molar-refractivity contribution in [1.82, 2.24) is 0 Å². The molecule has 2 nitrogen and oxygen atoms in total. The van der Waals surface area contributed by atoms with Gasteiger partial charge in [0.05, 0.1) is 6.04 Å². The number of halogens is 2. The molecule has 106 valence electrons. The number of rotatable bonds is 4. The van der Waals surface area contributed by atoms with Gasteiger partial charge in [0.2, 0.25) is 0 Å². The van der Waals surface area contributed by atoms with Crippen LogP contribution >= 0.6 is 0 Å². The normalized spacial score (nSPS) is 12.2. The molecule has 0 radical (unpaired) electrons. The number of aryl methyl sites for hydroxylation is 1. The van der Waals surface area contributed by atoms with E-state index >= 15 is 0 Å². The maximum absolute atomic E-state index is 13.9. The van der Waals surface area contributed by atoms with E-state index in [2.05, 4.69) is 0 Å². The second kappa shape index (κ2) is 6.01. The van der Waals surface area contributed by atoms with Crippen LogP contribution in [0.3, 0.4) is 0 Å². The predicted octanol–water partition coefficient (Wildman–Crippen LogP) is 3.41. The van der Waals surface area contributed by atoms with Gasteiger partial charge in [0, 0.05) is 24.8 Å². The quantitative estimate of drug-likeness (QED) is 0.927. The molecule has 0 amide bonds. The molecule has 0 aromatic heterocycles. The van der Waals surface area contributed by atoms with Gasteiger partial charge in [0.25, 0.3) is 0 Å². The summed E-state index contributed by atoms with van der Waals surface area (Å²) in [7, 11) is 1.83. The minimum atomic E-state index is -0.461. The van der Waals surface area contributed by atoms with Crippen LogP contribution in [0, 0.1) is 18.6 Å². The SMILES string of the molecule is Cc1cccc(N(C)C(CN)c2cc(F)ccc2F)c1. The van der Waals surface area contributed by atoms with E-state index in [4.69, 9.17) is 5.73 Å². The standard InChI is InChI=1S/C16H18F2N2/c1-11-4-3-5-13(8-11)20(2)16(10-19)14-9-12(17)6-7-15(14)18/h3-9,16H,10,19H2,1-2H3. The number of nitrogens with two attached hydrogens (primary N) is 1. The van der Waals surface area contributed by atoms with E-state index in [1.807, 2.05) is 43.1 Å². The van der Waals surface area contributed by atoms with E-state index in [-0.39, 0.29) is 12.1 Å². The fourth-order valence-electron chi connectivity index (χ4n) is 2.29. The van der Waals surface area contributed by atoms with Gasteiger partial charge in [-0.3, -0.25) is 0 Å². The highest BCUT2D eigenvalue weighted by molar-refractivity contribution is 5.50. The molecular formula is C16H18F2N2. The van der Waals surface area contributed by atoms with Crippen LogP contribution in [0.2, 0.25) is 0 Å². The highest BCUT2D eigenvalue weighted by Gasteiger charge is 2.20. The molecule has 0 aliphatic rings. The Bertz CT molecular complexity index is 599. The number of hydrogen-bond donors (Lipinski definition) is 1. The molecule has 1 unspecified atom stereocenters. The van der Waals surface area contributed by atoms with E-state index in [0.29, 0.717) is 0 Å². The van der Waals surface area contributed by atoms with Crippen molar-refractivity contribution < 1.29 is 8.78 Å². The molecule has 1 atom stereocenters. The maximum Gasteiger partial charge on any atom is 0.128 e. The lowest BCUT2D eigenvalue weighted by molar-refractivity contribution is 0.555. The number of likely N-dealkylation sites (N-methyl/N-ethyl adjacent to an activating group) is 1. The fourth-order valence-corrected chi connectivity index (χ4v) is 2.29. The van der Waals surface area contributed by atoms with Gasteiger partial charge in [-0.25, -0.2) is 8.78 Å². The summed E-state index contributed by atoms with van der Waals surface area (Å²) in [5, 5.41) is 0. The first-order chi connectivity index (χ1) is 9.52. The van der Waals surface area contributed by atoms with Gasteiger partial charge in [0.15, 0.2) is 0 Å². The Morgan fingerprint density at radius 2 is 1.90 bits per heavy atom. The Kier molecular flexibility index (Phi) is 4.35. The van der Waals surface area contributed by atoms with Crippen LogP contribution in [0.25, 0.3) is 0 Å². The molecule has 0 heterocycles. The van der Waals surface area contributed by atoms with Gasteiger partial charge in [-0.1, -0.05) is 12.1 Å². The lowest BCUT2D eigenvalue weighted by Crippen LogP contribution is -2.31. The van der Waals surface area contributed by atoms with Crippen molar-refractivity contribution in [2.45, 2.75) is 13.0 Å². The highest BCUT2D eigenvalue weighted by atomic mass is 19.1. The first kappa shape index (κ1) is 14.5. The van der Waals surface area contributed by atoms with Crippen LogP contribution in [0.15, 0.2) is 42.5 Å². The second-order valence-electron chi connectivity index (χ2n) is 4.87. The molecule has 0 aliphatic heterocycles. The summed E-state index contributed by atoms with van der Waals surface area (Å²) < 4.78 is 27.3. The van der Waals surface area contributed by atoms with Crippen molar-refractivity contribution in [1.29, 1.82) is 0 Å². The molecule has 0 bridgehead atoms. The van der Waals surface area contributed by atoms with Crippen LogP contribution in [0.5, 0.6) is 0 Å². The first-order valence-corrected chi connectivity index (χ1v) is 6.47. The molecule has 2 rings (SSSR count). The number of hydrogen-bond acceptors (Lipinski definition) is 2. The third-order valence-electron chi connectivity index (χ3n) is 3.42. The summed E-state index contributed by atoms with van der Waals surface area (Å²) in [6, 6.07) is 10.9. The largest absolute Gasteiger partial charge is 0.366 e. The van der Waals surface area contributed by atoms with E-state index in [0.717, 1.165) is 23.4 Å². The minimum Gasteiger partial charge on any atom is -0.366 e. The zero-order chi connectivity index (χ0) is 14.7. The third kappa shape index (κ3) is 2.96. The Balaban J connectivity index is 2.39. The average molecular weight is 276 g/mol. The molecule has 0 saturated heterocycles. The summed E-state index contributed by atoms with van der Waals surface area (Å²) in [5.74, 6) is -0.904. The molecule has 0 spiro atoms. The highest BCUT2D eigenvalue weighted by Crippen LogP contribution is 2.27. The summed E-state index contributed by atoms with van der Waals surface area (Å²) >= 11 is 0. The number of benzene rings is 2. The van der Waals surface area contributed by atoms with Crippen molar-refractivity contribution >= 4 is 5.69 Å². The zero-order valence-electron chi connectivity index (χ0n) is 11.6. The second-order valence-corrected chi connectivity index (χ2v) is 4.87. The Morgan fingerprint density at radius 3 is 2.55 bits per heavy atom. The Labute approximate surface area is 117 Å². The monoisotopic (exact) mass is 276 g/mol. The van der Waals surface area contributed by atoms with E-state index in [1.54, 1.807) is 0 Å². The summed E-state index contributed by atoms with van der Waals surface area (Å²) in [6.07, 6.45) is 0. The lowest BCUT2D eigenvalue weighted by Gasteiger charge is -2.30. The molecule has 0 aliphatic carbocycles. The molecule has 2 aromatic rings. The molecule has 2 aromatic carbocycles. The predicted molar refractivity (Wildman–Crippen MR) is 77.7 cm³/mol. The molecule has 0 saturated carbocycles. The van der Waals surface area contributed by atoms with Gasteiger partial charge in [-0.05, 0) is 42.8 Å². The zero-order valence-corrected chi connectivity index (χ0v) is 11.6. The lowest BCUT2D eigenvalue weighted by atomic mass is 10.0. The van der Waals surface area contributed by atoms with E-state index in [9.17, 15) is 8.78 Å². The van der Waals surface area contributed by atoms with E-state index in [1.165, 1.54) is 6.07 Å². The van der Waals surface area contributed by atoms with Crippen LogP contribution in [-0.2, 0) is 0 Å². The molecular weight excluding hydrogens is 258 g/mol. The van der Waals surface area contributed by atoms with Crippen molar-refractivity contribution in [3.8, 4) is 0 Å². The van der Waals surface area contributed by atoms with Gasteiger partial charge < -0.3 is 10.6 Å². The number of nitrogens with zero attached hydrogens (tertiary/aromatic N) is 1. The maximum atomic E-state index is 13.9. The van der Waals surface area contributed by atoms with Gasteiger partial charge in [-0.15, -0.1) is 0 Å². The average Bonchev–Trinajstić information content (AvgIpc) is 2.43. The minimum absolute atomic E-state index is 0.199. The molecule has 2 N–H and O–H groups in total. The van der Waals surface area contributed by atoms with E-state index < -0.39 is 17.7 Å². The Hall–Kier alpha value is -1.94. The molecule has 20 heavy (non-hydrogen) atoms. The van der Waals surface area contributed by atoms with Crippen molar-refractivity contribution in [2.75, 3.05) is 18.5 Å². The third-order valence-corrected chi connectivity index (χ3v) is 3.42. The molecule has 0 fully saturated rings. The summed E-state index contributed by atoms with van der Waals surface area (Å²) in [6.45, 7) is 2.18. The van der Waals surface area contributed by atoms with Crippen LogP contribution < -0.4 is 10.6 Å². The summed E-state index contributed by atoms with van der Waals surface area (Å²) in [5.41, 5.74) is 8.07. The van der Waals surface area contributed by atoms with Crippen LogP contribution in [-0.4, -0.2) is 13.6 Å². The van der Waals surface area contributed by atoms with Gasteiger partial charge in [-0.2, -0.15) is 0 Å². The summed E-state index contributed by atoms with van der Waals surface area (Å²) in [4.78, 5) is 1.87. The van der Waals surface area contributed by atoms with Crippen molar-refractivity contribution in [3.05, 3.63) is 65.2 Å². The van der Waals surface area contributed by atoms with Gasteiger partial charge in [0.1, 0.15) is 11.6 Å². The molecule has 4 heteroatoms. The van der Waals surface area contributed by atoms with Crippen LogP contribution in [0.1, 0.15) is 17.2 Å². The smallest absolute Gasteiger partial charge is 0.128 e. The van der Waals surface area contributed by atoms with Crippen molar-refractivity contribution in [3.63, 3.8) is 0 Å². The fraction of sp³-hybridized carbons (Fsp3) is 0.250. The topological polar surface area (TPSA) is 29.3 Å². The van der Waals surface area contributed by atoms with Crippen molar-refractivity contribution in [2.24, 2.45) is 5.73 Å². The number of anilines is 1. The van der Waals surface area contributed by atoms with Crippen LogP contribution in [0.4, 0.5) is 14.5 Å². The van der Waals surface area contributed by atoms with Gasteiger partial charge >= 0.3 is 0 Å². The Morgan fingerprint density at radius 1 is 1.15 bits per heavy atom.